The third-order valence-electron chi connectivity index (χ3n) is 5.14. The van der Waals surface area contributed by atoms with E-state index in [9.17, 15) is 4.79 Å². The van der Waals surface area contributed by atoms with Gasteiger partial charge in [0.2, 0.25) is 5.91 Å². The van der Waals surface area contributed by atoms with Gasteiger partial charge in [0, 0.05) is 19.4 Å². The van der Waals surface area contributed by atoms with Crippen LogP contribution < -0.4 is 0 Å². The van der Waals surface area contributed by atoms with Crippen molar-refractivity contribution in [2.45, 2.75) is 38.6 Å². The first-order valence-electron chi connectivity index (χ1n) is 9.54. The summed E-state index contributed by atoms with van der Waals surface area (Å²) in [5, 5.41) is 0. The van der Waals surface area contributed by atoms with E-state index in [-0.39, 0.29) is 17.9 Å². The topological polar surface area (TPSA) is 33.5 Å². The van der Waals surface area contributed by atoms with Crippen LogP contribution in [0.15, 0.2) is 83.5 Å². The van der Waals surface area contributed by atoms with E-state index in [2.05, 4.69) is 43.3 Å². The molecule has 2 atom stereocenters. The van der Waals surface area contributed by atoms with Crippen LogP contribution >= 0.6 is 0 Å². The molecule has 0 aliphatic carbocycles. The fraction of sp³-hybridized carbons (Fsp3) is 0.292. The average Bonchev–Trinajstić information content (AvgIpc) is 3.23. The molecule has 3 rings (SSSR count). The van der Waals surface area contributed by atoms with Gasteiger partial charge in [0.25, 0.3) is 0 Å². The maximum atomic E-state index is 12.3. The molecule has 3 aromatic rings. The first-order chi connectivity index (χ1) is 13.1. The Balaban J connectivity index is 1.73. The lowest BCUT2D eigenvalue weighted by Crippen LogP contribution is -2.33. The highest BCUT2D eigenvalue weighted by Gasteiger charge is 2.22. The summed E-state index contributed by atoms with van der Waals surface area (Å²) in [5.74, 6) is 1.33. The van der Waals surface area contributed by atoms with Gasteiger partial charge in [-0.3, -0.25) is 4.79 Å². The molecule has 0 spiro atoms. The summed E-state index contributed by atoms with van der Waals surface area (Å²) in [7, 11) is 0. The second-order valence-corrected chi connectivity index (χ2v) is 6.99. The molecule has 0 unspecified atom stereocenters. The molecule has 140 valence electrons. The Hall–Kier alpha value is -2.81. The summed E-state index contributed by atoms with van der Waals surface area (Å²) in [4.78, 5) is 14.3. The molecule has 0 bridgehead atoms. The number of carbonyl (C=O) groups excluding carboxylic acids is 1. The van der Waals surface area contributed by atoms with Crippen molar-refractivity contribution in [3.8, 4) is 0 Å². The largest absolute Gasteiger partial charge is 0.469 e. The van der Waals surface area contributed by atoms with Gasteiger partial charge in [-0.05, 0) is 43.0 Å². The van der Waals surface area contributed by atoms with Crippen LogP contribution in [0.3, 0.4) is 0 Å². The summed E-state index contributed by atoms with van der Waals surface area (Å²) in [5.41, 5.74) is 2.44. The van der Waals surface area contributed by atoms with E-state index >= 15 is 0 Å². The van der Waals surface area contributed by atoms with Crippen LogP contribution in [0.1, 0.15) is 49.1 Å². The number of amides is 1. The highest BCUT2D eigenvalue weighted by molar-refractivity contribution is 5.73. The minimum Gasteiger partial charge on any atom is -0.469 e. The Kier molecular flexibility index (Phi) is 6.48. The zero-order chi connectivity index (χ0) is 19.1. The lowest BCUT2D eigenvalue weighted by atomic mass is 9.93. The molecule has 1 amide bonds. The predicted octanol–water partition coefficient (Wildman–Crippen LogP) is 5.61. The van der Waals surface area contributed by atoms with E-state index in [1.165, 1.54) is 5.56 Å². The second-order valence-electron chi connectivity index (χ2n) is 6.99. The fourth-order valence-corrected chi connectivity index (χ4v) is 3.60. The van der Waals surface area contributed by atoms with E-state index in [4.69, 9.17) is 4.42 Å². The smallest absolute Gasteiger partial charge is 0.219 e. The van der Waals surface area contributed by atoms with Crippen molar-refractivity contribution in [2.24, 2.45) is 0 Å². The van der Waals surface area contributed by atoms with Gasteiger partial charge in [0.1, 0.15) is 5.76 Å². The lowest BCUT2D eigenvalue weighted by molar-refractivity contribution is -0.131. The molecular formula is C24H27NO2. The molecule has 0 N–H and O–H groups in total. The summed E-state index contributed by atoms with van der Waals surface area (Å²) in [6.07, 6.45) is 3.49. The SMILES string of the molecule is CC(=O)N(CC[C@@H](Cc1ccccc1)c1ccco1)[C@H](C)c1ccccc1. The molecular weight excluding hydrogens is 334 g/mol. The molecule has 0 saturated carbocycles. The van der Waals surface area contributed by atoms with E-state index in [1.54, 1.807) is 13.2 Å². The number of rotatable bonds is 8. The molecule has 0 aliphatic rings. The Bertz CT molecular complexity index is 812. The number of furan rings is 1. The van der Waals surface area contributed by atoms with E-state index in [1.807, 2.05) is 41.3 Å². The number of carbonyl (C=O) groups is 1. The molecule has 3 nitrogen and oxygen atoms in total. The van der Waals surface area contributed by atoms with Gasteiger partial charge in [0.15, 0.2) is 0 Å². The molecule has 0 fully saturated rings. The van der Waals surface area contributed by atoms with Crippen molar-refractivity contribution in [2.75, 3.05) is 6.54 Å². The highest BCUT2D eigenvalue weighted by atomic mass is 16.3. The maximum Gasteiger partial charge on any atom is 0.219 e. The van der Waals surface area contributed by atoms with Crippen LogP contribution in [0, 0.1) is 0 Å². The Morgan fingerprint density at radius 1 is 0.963 bits per heavy atom. The minimum atomic E-state index is 0.0534. The van der Waals surface area contributed by atoms with Gasteiger partial charge < -0.3 is 9.32 Å². The summed E-state index contributed by atoms with van der Waals surface area (Å²) in [6, 6.07) is 24.7. The van der Waals surface area contributed by atoms with E-state index in [0.29, 0.717) is 6.54 Å². The monoisotopic (exact) mass is 361 g/mol. The molecule has 1 heterocycles. The van der Waals surface area contributed by atoms with Crippen LogP contribution in [0.2, 0.25) is 0 Å². The number of benzene rings is 2. The van der Waals surface area contributed by atoms with Crippen molar-refractivity contribution in [3.05, 3.63) is 95.9 Å². The standard InChI is InChI=1S/C24H27NO2/c1-19(22-12-7-4-8-13-22)25(20(2)26)16-15-23(24-14-9-17-27-24)18-21-10-5-3-6-11-21/h3-14,17,19,23H,15-16,18H2,1-2H3/t19-,23+/m1/s1. The van der Waals surface area contributed by atoms with Gasteiger partial charge in [-0.25, -0.2) is 0 Å². The molecule has 1 aromatic heterocycles. The summed E-state index contributed by atoms with van der Waals surface area (Å²) >= 11 is 0. The van der Waals surface area contributed by atoms with Crippen molar-refractivity contribution >= 4 is 5.91 Å². The fourth-order valence-electron chi connectivity index (χ4n) is 3.60. The minimum absolute atomic E-state index is 0.0534. The van der Waals surface area contributed by atoms with Gasteiger partial charge in [-0.15, -0.1) is 0 Å². The second kappa shape index (κ2) is 9.22. The van der Waals surface area contributed by atoms with Gasteiger partial charge in [0.05, 0.1) is 12.3 Å². The van der Waals surface area contributed by atoms with Crippen LogP contribution in [0.25, 0.3) is 0 Å². The third-order valence-corrected chi connectivity index (χ3v) is 5.14. The van der Waals surface area contributed by atoms with Crippen LogP contribution in [0.4, 0.5) is 0 Å². The maximum absolute atomic E-state index is 12.3. The molecule has 27 heavy (non-hydrogen) atoms. The third kappa shape index (κ3) is 5.10. The summed E-state index contributed by atoms with van der Waals surface area (Å²) in [6.45, 7) is 4.44. The van der Waals surface area contributed by atoms with E-state index < -0.39 is 0 Å². The predicted molar refractivity (Wildman–Crippen MR) is 108 cm³/mol. The Morgan fingerprint density at radius 3 is 2.22 bits per heavy atom. The molecule has 2 aromatic carbocycles. The van der Waals surface area contributed by atoms with Crippen LogP contribution in [-0.4, -0.2) is 17.4 Å². The molecule has 0 saturated heterocycles. The molecule has 0 radical (unpaired) electrons. The van der Waals surface area contributed by atoms with Crippen molar-refractivity contribution in [3.63, 3.8) is 0 Å². The van der Waals surface area contributed by atoms with Gasteiger partial charge >= 0.3 is 0 Å². The van der Waals surface area contributed by atoms with Crippen molar-refractivity contribution in [1.82, 2.24) is 4.90 Å². The van der Waals surface area contributed by atoms with E-state index in [0.717, 1.165) is 24.2 Å². The van der Waals surface area contributed by atoms with Crippen molar-refractivity contribution < 1.29 is 9.21 Å². The van der Waals surface area contributed by atoms with Crippen LogP contribution in [0.5, 0.6) is 0 Å². The van der Waals surface area contributed by atoms with Gasteiger partial charge in [-0.1, -0.05) is 60.7 Å². The molecule has 3 heteroatoms. The zero-order valence-electron chi connectivity index (χ0n) is 16.0. The Labute approximate surface area is 161 Å². The van der Waals surface area contributed by atoms with Crippen molar-refractivity contribution in [1.29, 1.82) is 0 Å². The molecule has 0 aliphatic heterocycles. The number of hydrogen-bond acceptors (Lipinski definition) is 2. The van der Waals surface area contributed by atoms with Gasteiger partial charge in [-0.2, -0.15) is 0 Å². The number of nitrogens with zero attached hydrogens (tertiary/aromatic N) is 1. The highest BCUT2D eigenvalue weighted by Crippen LogP contribution is 2.28. The lowest BCUT2D eigenvalue weighted by Gasteiger charge is -2.30. The zero-order valence-corrected chi connectivity index (χ0v) is 16.0. The normalized spacial score (nSPS) is 13.1. The first kappa shape index (κ1) is 19.0. The average molecular weight is 361 g/mol. The Morgan fingerprint density at radius 2 is 1.63 bits per heavy atom. The van der Waals surface area contributed by atoms with Crippen LogP contribution in [-0.2, 0) is 11.2 Å². The summed E-state index contributed by atoms with van der Waals surface area (Å²) < 4.78 is 5.70. The number of hydrogen-bond donors (Lipinski definition) is 0. The quantitative estimate of drug-likeness (QED) is 0.523. The first-order valence-corrected chi connectivity index (χ1v) is 9.54.